The maximum absolute atomic E-state index is 13.1. The first kappa shape index (κ1) is 18.9. The van der Waals surface area contributed by atoms with E-state index in [4.69, 9.17) is 4.52 Å². The molecule has 1 N–H and O–H groups in total. The molecule has 4 aromatic rings. The van der Waals surface area contributed by atoms with Crippen LogP contribution in [0.15, 0.2) is 29.0 Å². The fraction of sp³-hybridized carbons (Fsp3) is 0.350. The number of aryl methyl sites for hydroxylation is 4. The van der Waals surface area contributed by atoms with Crippen molar-refractivity contribution in [2.24, 2.45) is 7.05 Å². The number of pyridine rings is 1. The van der Waals surface area contributed by atoms with Crippen LogP contribution in [0.3, 0.4) is 0 Å². The predicted octanol–water partition coefficient (Wildman–Crippen LogP) is 2.56. The first-order chi connectivity index (χ1) is 13.8. The molecule has 150 valence electrons. The quantitative estimate of drug-likeness (QED) is 0.559. The van der Waals surface area contributed by atoms with Crippen molar-refractivity contribution in [3.8, 4) is 11.3 Å². The average molecular weight is 393 g/mol. The number of carbonyl (C=O) groups excluding carboxylic acids is 1. The number of amides is 1. The zero-order valence-electron chi connectivity index (χ0n) is 17.1. The van der Waals surface area contributed by atoms with E-state index >= 15 is 0 Å². The van der Waals surface area contributed by atoms with Gasteiger partial charge in [0, 0.05) is 30.5 Å². The van der Waals surface area contributed by atoms with Crippen molar-refractivity contribution in [1.82, 2.24) is 35.0 Å². The normalized spacial score (nSPS) is 12.4. The van der Waals surface area contributed by atoms with E-state index in [9.17, 15) is 4.79 Å². The molecule has 0 unspecified atom stereocenters. The van der Waals surface area contributed by atoms with Crippen LogP contribution in [0.2, 0.25) is 0 Å². The Morgan fingerprint density at radius 1 is 1.28 bits per heavy atom. The number of carbonyl (C=O) groups is 1. The average Bonchev–Trinajstić information content (AvgIpc) is 3.34. The molecule has 4 aromatic heterocycles. The molecule has 29 heavy (non-hydrogen) atoms. The molecule has 0 saturated heterocycles. The number of rotatable bonds is 5. The Morgan fingerprint density at radius 2 is 2.07 bits per heavy atom. The topological polar surface area (TPSA) is 104 Å². The number of hydrogen-bond donors (Lipinski definition) is 1. The SMILES string of the molecule is Cc1cc(C)n(C[C@H](C)NC(=O)c2cc(-c3cnn(C)c3)nc3onc(C)c23)n1. The monoisotopic (exact) mass is 393 g/mol. The zero-order valence-corrected chi connectivity index (χ0v) is 17.1. The van der Waals surface area contributed by atoms with Gasteiger partial charge in [0.15, 0.2) is 0 Å². The first-order valence-corrected chi connectivity index (χ1v) is 9.40. The first-order valence-electron chi connectivity index (χ1n) is 9.40. The summed E-state index contributed by atoms with van der Waals surface area (Å²) >= 11 is 0. The van der Waals surface area contributed by atoms with Crippen LogP contribution >= 0.6 is 0 Å². The van der Waals surface area contributed by atoms with Gasteiger partial charge in [-0.15, -0.1) is 0 Å². The largest absolute Gasteiger partial charge is 0.348 e. The van der Waals surface area contributed by atoms with Crippen LogP contribution in [0.5, 0.6) is 0 Å². The van der Waals surface area contributed by atoms with E-state index in [0.29, 0.717) is 34.6 Å². The molecule has 0 saturated carbocycles. The van der Waals surface area contributed by atoms with E-state index < -0.39 is 0 Å². The number of fused-ring (bicyclic) bond motifs is 1. The molecular weight excluding hydrogens is 370 g/mol. The van der Waals surface area contributed by atoms with Crippen molar-refractivity contribution in [3.05, 3.63) is 47.2 Å². The molecular formula is C20H23N7O2. The Morgan fingerprint density at radius 3 is 2.72 bits per heavy atom. The van der Waals surface area contributed by atoms with Crippen LogP contribution in [0, 0.1) is 20.8 Å². The molecule has 0 radical (unpaired) electrons. The second kappa shape index (κ2) is 7.16. The molecule has 0 bridgehead atoms. The Balaban J connectivity index is 1.65. The van der Waals surface area contributed by atoms with Gasteiger partial charge in [0.05, 0.1) is 40.8 Å². The summed E-state index contributed by atoms with van der Waals surface area (Å²) in [5.74, 6) is -0.206. The molecule has 0 fully saturated rings. The Bertz CT molecular complexity index is 1200. The molecule has 9 nitrogen and oxygen atoms in total. The van der Waals surface area contributed by atoms with Crippen LogP contribution in [0.4, 0.5) is 0 Å². The summed E-state index contributed by atoms with van der Waals surface area (Å²) in [5.41, 5.74) is 4.86. The van der Waals surface area contributed by atoms with Gasteiger partial charge in [-0.05, 0) is 39.8 Å². The van der Waals surface area contributed by atoms with E-state index in [1.54, 1.807) is 23.9 Å². The van der Waals surface area contributed by atoms with Gasteiger partial charge in [0.1, 0.15) is 0 Å². The van der Waals surface area contributed by atoms with E-state index in [1.807, 2.05) is 44.8 Å². The highest BCUT2D eigenvalue weighted by molar-refractivity contribution is 6.07. The van der Waals surface area contributed by atoms with Crippen LogP contribution in [0.1, 0.15) is 34.4 Å². The summed E-state index contributed by atoms with van der Waals surface area (Å²) in [6.45, 7) is 8.29. The molecule has 0 aromatic carbocycles. The third-order valence-corrected chi connectivity index (χ3v) is 4.79. The molecule has 0 aliphatic rings. The molecule has 4 heterocycles. The molecule has 0 aliphatic heterocycles. The molecule has 4 rings (SSSR count). The van der Waals surface area contributed by atoms with Crippen LogP contribution in [-0.2, 0) is 13.6 Å². The lowest BCUT2D eigenvalue weighted by molar-refractivity contribution is 0.0937. The second-order valence-electron chi connectivity index (χ2n) is 7.39. The Hall–Kier alpha value is -3.49. The summed E-state index contributed by atoms with van der Waals surface area (Å²) in [6.07, 6.45) is 3.54. The Labute approximate surface area is 167 Å². The van der Waals surface area contributed by atoms with E-state index in [0.717, 1.165) is 17.0 Å². The fourth-order valence-corrected chi connectivity index (χ4v) is 3.44. The minimum atomic E-state index is -0.206. The molecule has 9 heteroatoms. The van der Waals surface area contributed by atoms with Crippen molar-refractivity contribution >= 4 is 17.0 Å². The number of aromatic nitrogens is 6. The third kappa shape index (κ3) is 3.63. The highest BCUT2D eigenvalue weighted by atomic mass is 16.5. The molecule has 0 spiro atoms. The molecule has 1 atom stereocenters. The van der Waals surface area contributed by atoms with Gasteiger partial charge in [0.2, 0.25) is 0 Å². The van der Waals surface area contributed by atoms with Gasteiger partial charge >= 0.3 is 0 Å². The lowest BCUT2D eigenvalue weighted by Crippen LogP contribution is -2.36. The van der Waals surface area contributed by atoms with Gasteiger partial charge in [-0.25, -0.2) is 4.98 Å². The predicted molar refractivity (Wildman–Crippen MR) is 107 cm³/mol. The standard InChI is InChI=1S/C20H23N7O2/c1-11-6-13(3)27(24-11)9-12(2)22-19(28)16-7-17(15-8-21-26(5)10-15)23-20-18(16)14(4)25-29-20/h6-8,10,12H,9H2,1-5H3,(H,22,28)/t12-/m0/s1. The van der Waals surface area contributed by atoms with Gasteiger partial charge < -0.3 is 9.84 Å². The fourth-order valence-electron chi connectivity index (χ4n) is 3.44. The molecule has 1 amide bonds. The number of hydrogen-bond acceptors (Lipinski definition) is 6. The Kier molecular flexibility index (Phi) is 4.65. The van der Waals surface area contributed by atoms with Crippen molar-refractivity contribution < 1.29 is 9.32 Å². The highest BCUT2D eigenvalue weighted by Gasteiger charge is 2.21. The second-order valence-corrected chi connectivity index (χ2v) is 7.39. The number of nitrogens with zero attached hydrogens (tertiary/aromatic N) is 6. The van der Waals surface area contributed by atoms with Crippen LogP contribution in [0.25, 0.3) is 22.4 Å². The van der Waals surface area contributed by atoms with Crippen LogP contribution < -0.4 is 5.32 Å². The summed E-state index contributed by atoms with van der Waals surface area (Å²) < 4.78 is 8.93. The molecule has 0 aliphatic carbocycles. The summed E-state index contributed by atoms with van der Waals surface area (Å²) in [5, 5.41) is 16.3. The van der Waals surface area contributed by atoms with E-state index in [-0.39, 0.29) is 11.9 Å². The minimum absolute atomic E-state index is 0.120. The summed E-state index contributed by atoms with van der Waals surface area (Å²) in [4.78, 5) is 17.6. The van der Waals surface area contributed by atoms with Crippen molar-refractivity contribution in [3.63, 3.8) is 0 Å². The van der Waals surface area contributed by atoms with E-state index in [1.165, 1.54) is 0 Å². The summed E-state index contributed by atoms with van der Waals surface area (Å²) in [6, 6.07) is 3.65. The lowest BCUT2D eigenvalue weighted by Gasteiger charge is -2.16. The zero-order chi connectivity index (χ0) is 20.7. The van der Waals surface area contributed by atoms with E-state index in [2.05, 4.69) is 25.7 Å². The van der Waals surface area contributed by atoms with Gasteiger partial charge in [0.25, 0.3) is 11.6 Å². The smallest absolute Gasteiger partial charge is 0.259 e. The highest BCUT2D eigenvalue weighted by Crippen LogP contribution is 2.26. The van der Waals surface area contributed by atoms with Gasteiger partial charge in [-0.1, -0.05) is 5.16 Å². The van der Waals surface area contributed by atoms with Crippen molar-refractivity contribution in [2.45, 2.75) is 40.3 Å². The van der Waals surface area contributed by atoms with Gasteiger partial charge in [-0.3, -0.25) is 14.2 Å². The minimum Gasteiger partial charge on any atom is -0.348 e. The van der Waals surface area contributed by atoms with Gasteiger partial charge in [-0.2, -0.15) is 10.2 Å². The maximum atomic E-state index is 13.1. The third-order valence-electron chi connectivity index (χ3n) is 4.79. The summed E-state index contributed by atoms with van der Waals surface area (Å²) in [7, 11) is 1.83. The lowest BCUT2D eigenvalue weighted by atomic mass is 10.1. The van der Waals surface area contributed by atoms with Crippen LogP contribution in [-0.4, -0.2) is 41.7 Å². The van der Waals surface area contributed by atoms with Crippen molar-refractivity contribution in [1.29, 1.82) is 0 Å². The van der Waals surface area contributed by atoms with Crippen molar-refractivity contribution in [2.75, 3.05) is 0 Å². The number of nitrogens with one attached hydrogen (secondary N) is 1. The maximum Gasteiger partial charge on any atom is 0.259 e.